The molecule has 0 unspecified atom stereocenters. The van der Waals surface area contributed by atoms with E-state index in [0.717, 1.165) is 15.8 Å². The molecule has 0 fully saturated rings. The summed E-state index contributed by atoms with van der Waals surface area (Å²) in [4.78, 5) is 14.1. The first kappa shape index (κ1) is 15.6. The van der Waals surface area contributed by atoms with E-state index in [1.807, 2.05) is 43.3 Å². The molecule has 0 spiro atoms. The Balaban J connectivity index is 1.72. The van der Waals surface area contributed by atoms with Crippen LogP contribution >= 0.6 is 15.9 Å². The smallest absolute Gasteiger partial charge is 0.274 e. The fourth-order valence-corrected chi connectivity index (χ4v) is 2.53. The van der Waals surface area contributed by atoms with E-state index in [1.54, 1.807) is 18.0 Å². The standard InChI is InChI=1S/C17H16BrN3O2/c1-11-3-8-16(23-11)14-9-15(20-19-14)17(22)21(2)10-12-4-6-13(18)7-5-12/h3-9H,10H2,1-2H3,(H,19,20). The van der Waals surface area contributed by atoms with E-state index >= 15 is 0 Å². The fourth-order valence-electron chi connectivity index (χ4n) is 2.27. The van der Waals surface area contributed by atoms with Gasteiger partial charge in [-0.2, -0.15) is 5.10 Å². The highest BCUT2D eigenvalue weighted by molar-refractivity contribution is 9.10. The Kier molecular flexibility index (Phi) is 4.34. The zero-order chi connectivity index (χ0) is 16.4. The number of H-pyrrole nitrogens is 1. The first-order valence-corrected chi connectivity index (χ1v) is 7.94. The van der Waals surface area contributed by atoms with Gasteiger partial charge < -0.3 is 9.32 Å². The van der Waals surface area contributed by atoms with E-state index in [4.69, 9.17) is 4.42 Å². The van der Waals surface area contributed by atoms with Crippen molar-refractivity contribution in [2.75, 3.05) is 7.05 Å². The highest BCUT2D eigenvalue weighted by Gasteiger charge is 2.17. The van der Waals surface area contributed by atoms with Crippen LogP contribution in [-0.4, -0.2) is 28.1 Å². The lowest BCUT2D eigenvalue weighted by molar-refractivity contribution is 0.0779. The number of rotatable bonds is 4. The van der Waals surface area contributed by atoms with Crippen LogP contribution in [-0.2, 0) is 6.54 Å². The van der Waals surface area contributed by atoms with Crippen LogP contribution in [0.3, 0.4) is 0 Å². The van der Waals surface area contributed by atoms with E-state index < -0.39 is 0 Å². The monoisotopic (exact) mass is 373 g/mol. The van der Waals surface area contributed by atoms with Gasteiger partial charge in [0.25, 0.3) is 5.91 Å². The highest BCUT2D eigenvalue weighted by Crippen LogP contribution is 2.21. The number of halogens is 1. The number of furan rings is 1. The van der Waals surface area contributed by atoms with Gasteiger partial charge in [0.15, 0.2) is 11.5 Å². The van der Waals surface area contributed by atoms with Crippen LogP contribution in [0, 0.1) is 6.92 Å². The fraction of sp³-hybridized carbons (Fsp3) is 0.176. The normalized spacial score (nSPS) is 10.7. The third-order valence-electron chi connectivity index (χ3n) is 3.48. The summed E-state index contributed by atoms with van der Waals surface area (Å²) in [5, 5.41) is 6.94. The molecule has 2 aromatic heterocycles. The molecule has 2 heterocycles. The number of benzene rings is 1. The molecule has 1 aromatic carbocycles. The van der Waals surface area contributed by atoms with Gasteiger partial charge in [-0.25, -0.2) is 0 Å². The zero-order valence-electron chi connectivity index (χ0n) is 12.8. The van der Waals surface area contributed by atoms with Gasteiger partial charge in [0.1, 0.15) is 11.5 Å². The van der Waals surface area contributed by atoms with E-state index in [2.05, 4.69) is 26.1 Å². The molecule has 0 saturated heterocycles. The van der Waals surface area contributed by atoms with Crippen LogP contribution in [0.15, 0.2) is 51.4 Å². The van der Waals surface area contributed by atoms with Crippen LogP contribution in [0.25, 0.3) is 11.5 Å². The minimum Gasteiger partial charge on any atom is -0.460 e. The minimum atomic E-state index is -0.140. The van der Waals surface area contributed by atoms with Gasteiger partial charge in [-0.1, -0.05) is 28.1 Å². The van der Waals surface area contributed by atoms with Crippen molar-refractivity contribution in [3.63, 3.8) is 0 Å². The van der Waals surface area contributed by atoms with Gasteiger partial charge in [0.2, 0.25) is 0 Å². The average molecular weight is 374 g/mol. The maximum absolute atomic E-state index is 12.5. The molecular formula is C17H16BrN3O2. The van der Waals surface area contributed by atoms with Crippen LogP contribution in [0.4, 0.5) is 0 Å². The van der Waals surface area contributed by atoms with Gasteiger partial charge in [-0.3, -0.25) is 9.89 Å². The van der Waals surface area contributed by atoms with Crippen molar-refractivity contribution >= 4 is 21.8 Å². The topological polar surface area (TPSA) is 62.1 Å². The number of amides is 1. The summed E-state index contributed by atoms with van der Waals surface area (Å²) in [5.41, 5.74) is 2.12. The van der Waals surface area contributed by atoms with E-state index in [0.29, 0.717) is 23.7 Å². The Bertz CT molecular complexity index is 820. The average Bonchev–Trinajstić information content (AvgIpc) is 3.17. The molecule has 1 N–H and O–H groups in total. The number of aromatic nitrogens is 2. The lowest BCUT2D eigenvalue weighted by Gasteiger charge is -2.15. The van der Waals surface area contributed by atoms with Crippen molar-refractivity contribution in [3.05, 3.63) is 64.0 Å². The maximum atomic E-state index is 12.5. The molecule has 0 aliphatic carbocycles. The summed E-state index contributed by atoms with van der Waals surface area (Å²) >= 11 is 3.40. The molecule has 6 heteroatoms. The molecule has 118 valence electrons. The maximum Gasteiger partial charge on any atom is 0.274 e. The van der Waals surface area contributed by atoms with Crippen molar-refractivity contribution in [1.29, 1.82) is 0 Å². The number of hydrogen-bond donors (Lipinski definition) is 1. The molecule has 5 nitrogen and oxygen atoms in total. The molecule has 1 amide bonds. The van der Waals surface area contributed by atoms with Gasteiger partial charge in [-0.05, 0) is 36.8 Å². The lowest BCUT2D eigenvalue weighted by atomic mass is 10.2. The van der Waals surface area contributed by atoms with Crippen LogP contribution in [0.2, 0.25) is 0 Å². The Morgan fingerprint density at radius 2 is 2.00 bits per heavy atom. The molecule has 3 aromatic rings. The third kappa shape index (κ3) is 3.53. The number of hydrogen-bond acceptors (Lipinski definition) is 3. The Morgan fingerprint density at radius 1 is 1.26 bits per heavy atom. The summed E-state index contributed by atoms with van der Waals surface area (Å²) in [5.74, 6) is 1.35. The van der Waals surface area contributed by atoms with Crippen molar-refractivity contribution in [2.45, 2.75) is 13.5 Å². The number of carbonyl (C=O) groups excluding carboxylic acids is 1. The quantitative estimate of drug-likeness (QED) is 0.751. The molecule has 0 aliphatic rings. The second-order valence-electron chi connectivity index (χ2n) is 5.36. The summed E-state index contributed by atoms with van der Waals surface area (Å²) in [7, 11) is 1.76. The van der Waals surface area contributed by atoms with Crippen molar-refractivity contribution in [2.24, 2.45) is 0 Å². The van der Waals surface area contributed by atoms with Crippen molar-refractivity contribution in [1.82, 2.24) is 15.1 Å². The van der Waals surface area contributed by atoms with E-state index in [1.165, 1.54) is 0 Å². The predicted molar refractivity (Wildman–Crippen MR) is 91.0 cm³/mol. The SMILES string of the molecule is Cc1ccc(-c2cc(C(=O)N(C)Cc3ccc(Br)cc3)n[nH]2)o1. The number of aromatic amines is 1. The minimum absolute atomic E-state index is 0.140. The molecular weight excluding hydrogens is 358 g/mol. The predicted octanol–water partition coefficient (Wildman–Crippen LogP) is 4.01. The number of nitrogens with one attached hydrogen (secondary N) is 1. The Labute approximate surface area is 142 Å². The second kappa shape index (κ2) is 6.42. The van der Waals surface area contributed by atoms with Gasteiger partial charge in [0.05, 0.1) is 0 Å². The molecule has 0 atom stereocenters. The zero-order valence-corrected chi connectivity index (χ0v) is 14.4. The second-order valence-corrected chi connectivity index (χ2v) is 6.28. The van der Waals surface area contributed by atoms with E-state index in [9.17, 15) is 4.79 Å². The molecule has 0 radical (unpaired) electrons. The lowest BCUT2D eigenvalue weighted by Crippen LogP contribution is -2.26. The molecule has 0 bridgehead atoms. The summed E-state index contributed by atoms with van der Waals surface area (Å²) in [6.07, 6.45) is 0. The van der Waals surface area contributed by atoms with Crippen LogP contribution in [0.5, 0.6) is 0 Å². The van der Waals surface area contributed by atoms with Gasteiger partial charge >= 0.3 is 0 Å². The highest BCUT2D eigenvalue weighted by atomic mass is 79.9. The van der Waals surface area contributed by atoms with Crippen LogP contribution in [0.1, 0.15) is 21.8 Å². The van der Waals surface area contributed by atoms with E-state index in [-0.39, 0.29) is 5.91 Å². The summed E-state index contributed by atoms with van der Waals surface area (Å²) in [6.45, 7) is 2.39. The number of carbonyl (C=O) groups is 1. The largest absolute Gasteiger partial charge is 0.460 e. The molecule has 0 aliphatic heterocycles. The first-order chi connectivity index (χ1) is 11.0. The van der Waals surface area contributed by atoms with Crippen molar-refractivity contribution < 1.29 is 9.21 Å². The molecule has 23 heavy (non-hydrogen) atoms. The summed E-state index contributed by atoms with van der Waals surface area (Å²) in [6, 6.07) is 13.3. The molecule has 0 saturated carbocycles. The van der Waals surface area contributed by atoms with Crippen LogP contribution < -0.4 is 0 Å². The molecule has 3 rings (SSSR count). The van der Waals surface area contributed by atoms with Crippen molar-refractivity contribution in [3.8, 4) is 11.5 Å². The Hall–Kier alpha value is -2.34. The third-order valence-corrected chi connectivity index (χ3v) is 4.01. The number of aryl methyl sites for hydroxylation is 1. The summed E-state index contributed by atoms with van der Waals surface area (Å²) < 4.78 is 6.54. The first-order valence-electron chi connectivity index (χ1n) is 7.15. The van der Waals surface area contributed by atoms with Gasteiger partial charge in [0, 0.05) is 24.1 Å². The van der Waals surface area contributed by atoms with Gasteiger partial charge in [-0.15, -0.1) is 0 Å². The number of nitrogens with zero attached hydrogens (tertiary/aromatic N) is 2. The Morgan fingerprint density at radius 3 is 2.65 bits per heavy atom.